The molecule has 24 heavy (non-hydrogen) atoms. The van der Waals surface area contributed by atoms with E-state index in [0.29, 0.717) is 12.4 Å². The number of hydrogen-bond acceptors (Lipinski definition) is 2. The fourth-order valence-corrected chi connectivity index (χ4v) is 3.03. The maximum Gasteiger partial charge on any atom is 0.219 e. The van der Waals surface area contributed by atoms with Crippen molar-refractivity contribution >= 4 is 17.5 Å². The van der Waals surface area contributed by atoms with Gasteiger partial charge in [0.1, 0.15) is 0 Å². The van der Waals surface area contributed by atoms with Crippen molar-refractivity contribution in [1.82, 2.24) is 10.6 Å². The van der Waals surface area contributed by atoms with Crippen LogP contribution in [0.5, 0.6) is 0 Å². The first-order valence-corrected chi connectivity index (χ1v) is 10.9. The van der Waals surface area contributed by atoms with Gasteiger partial charge in [-0.25, -0.2) is 0 Å². The van der Waals surface area contributed by atoms with E-state index in [1.54, 1.807) is 0 Å². The molecule has 0 aliphatic carbocycles. The molecule has 1 amide bonds. The summed E-state index contributed by atoms with van der Waals surface area (Å²) in [6, 6.07) is 0.479. The van der Waals surface area contributed by atoms with Gasteiger partial charge >= 0.3 is 0 Å². The van der Waals surface area contributed by atoms with E-state index in [1.807, 2.05) is 0 Å². The summed E-state index contributed by atoms with van der Waals surface area (Å²) in [6.45, 7) is 3.89. The van der Waals surface area contributed by atoms with Crippen molar-refractivity contribution in [2.45, 2.75) is 103 Å². The number of rotatable bonds is 19. The van der Waals surface area contributed by atoms with Crippen molar-refractivity contribution in [3.63, 3.8) is 0 Å². The zero-order valence-electron chi connectivity index (χ0n) is 16.0. The van der Waals surface area contributed by atoms with Gasteiger partial charge in [0.05, 0.1) is 6.00 Å². The molecule has 0 spiro atoms. The Morgan fingerprint density at radius 2 is 1.21 bits per heavy atom. The lowest BCUT2D eigenvalue weighted by molar-refractivity contribution is -0.121. The molecule has 0 rings (SSSR count). The number of amides is 1. The molecule has 0 aliphatic heterocycles. The Hall–Kier alpha value is -0.280. The van der Waals surface area contributed by atoms with Crippen LogP contribution >= 0.6 is 11.6 Å². The standard InChI is InChI=1S/C20H41ClN2O/c1-2-3-4-5-6-7-8-9-10-11-12-13-14-16-20(24)23-18-15-17-22-19-21/h22H,2-19H2,1H3,(H,23,24). The quantitative estimate of drug-likeness (QED) is 0.175. The molecular formula is C20H41ClN2O. The number of carbonyl (C=O) groups excluding carboxylic acids is 1. The second-order valence-electron chi connectivity index (χ2n) is 6.83. The van der Waals surface area contributed by atoms with E-state index in [-0.39, 0.29) is 5.91 Å². The van der Waals surface area contributed by atoms with Crippen LogP contribution < -0.4 is 10.6 Å². The monoisotopic (exact) mass is 360 g/mol. The van der Waals surface area contributed by atoms with Crippen LogP contribution in [0.1, 0.15) is 103 Å². The van der Waals surface area contributed by atoms with Gasteiger partial charge in [-0.15, -0.1) is 11.6 Å². The first-order valence-electron chi connectivity index (χ1n) is 10.3. The van der Waals surface area contributed by atoms with Gasteiger partial charge in [-0.2, -0.15) is 0 Å². The Morgan fingerprint density at radius 3 is 1.71 bits per heavy atom. The summed E-state index contributed by atoms with van der Waals surface area (Å²) in [7, 11) is 0. The minimum Gasteiger partial charge on any atom is -0.356 e. The lowest BCUT2D eigenvalue weighted by Gasteiger charge is -2.05. The van der Waals surface area contributed by atoms with Crippen LogP contribution in [0.4, 0.5) is 0 Å². The van der Waals surface area contributed by atoms with Crippen LogP contribution in [0, 0.1) is 0 Å². The summed E-state index contributed by atoms with van der Waals surface area (Å²) in [6.07, 6.45) is 19.1. The number of unbranched alkanes of at least 4 members (excludes halogenated alkanes) is 12. The lowest BCUT2D eigenvalue weighted by atomic mass is 10.0. The lowest BCUT2D eigenvalue weighted by Crippen LogP contribution is -2.26. The number of hydrogen-bond donors (Lipinski definition) is 2. The van der Waals surface area contributed by atoms with Crippen molar-refractivity contribution in [2.75, 3.05) is 19.1 Å². The Morgan fingerprint density at radius 1 is 0.708 bits per heavy atom. The number of carbonyl (C=O) groups is 1. The topological polar surface area (TPSA) is 41.1 Å². The fourth-order valence-electron chi connectivity index (χ4n) is 2.90. The Labute approximate surface area is 155 Å². The maximum atomic E-state index is 11.6. The van der Waals surface area contributed by atoms with Crippen molar-refractivity contribution in [3.05, 3.63) is 0 Å². The maximum absolute atomic E-state index is 11.6. The third kappa shape index (κ3) is 19.8. The molecule has 3 nitrogen and oxygen atoms in total. The predicted octanol–water partition coefficient (Wildman–Crippen LogP) is 5.76. The molecule has 0 radical (unpaired) electrons. The van der Waals surface area contributed by atoms with E-state index in [4.69, 9.17) is 11.6 Å². The summed E-state index contributed by atoms with van der Waals surface area (Å²) in [5, 5.41) is 5.99. The van der Waals surface area contributed by atoms with Crippen LogP contribution in [0.25, 0.3) is 0 Å². The zero-order chi connectivity index (χ0) is 17.7. The van der Waals surface area contributed by atoms with Crippen LogP contribution in [-0.2, 0) is 4.79 Å². The summed E-state index contributed by atoms with van der Waals surface area (Å²) in [5.74, 6) is 0.198. The molecular weight excluding hydrogens is 320 g/mol. The Balaban J connectivity index is 3.10. The minimum atomic E-state index is 0.198. The smallest absolute Gasteiger partial charge is 0.219 e. The van der Waals surface area contributed by atoms with Gasteiger partial charge in [-0.1, -0.05) is 84.0 Å². The molecule has 0 aromatic rings. The van der Waals surface area contributed by atoms with Gasteiger partial charge in [-0.05, 0) is 19.4 Å². The highest BCUT2D eigenvalue weighted by Gasteiger charge is 2.00. The summed E-state index contributed by atoms with van der Waals surface area (Å²) >= 11 is 5.51. The van der Waals surface area contributed by atoms with Gasteiger partial charge in [0.25, 0.3) is 0 Å². The number of nitrogens with one attached hydrogen (secondary N) is 2. The average Bonchev–Trinajstić information content (AvgIpc) is 2.59. The normalized spacial score (nSPS) is 10.9. The molecule has 4 heteroatoms. The van der Waals surface area contributed by atoms with E-state index < -0.39 is 0 Å². The first-order chi connectivity index (χ1) is 11.8. The van der Waals surface area contributed by atoms with Crippen molar-refractivity contribution < 1.29 is 4.79 Å². The second-order valence-corrected chi connectivity index (χ2v) is 7.10. The van der Waals surface area contributed by atoms with Crippen molar-refractivity contribution in [1.29, 1.82) is 0 Å². The van der Waals surface area contributed by atoms with Gasteiger partial charge < -0.3 is 10.6 Å². The molecule has 144 valence electrons. The molecule has 0 aliphatic rings. The van der Waals surface area contributed by atoms with E-state index in [2.05, 4.69) is 17.6 Å². The van der Waals surface area contributed by atoms with Gasteiger partial charge in [0, 0.05) is 13.0 Å². The second kappa shape index (κ2) is 20.8. The van der Waals surface area contributed by atoms with Crippen LogP contribution in [0.3, 0.4) is 0 Å². The summed E-state index contributed by atoms with van der Waals surface area (Å²) in [5.41, 5.74) is 0. The molecule has 0 fully saturated rings. The Bertz CT molecular complexity index is 262. The highest BCUT2D eigenvalue weighted by Crippen LogP contribution is 2.12. The molecule has 2 N–H and O–H groups in total. The van der Waals surface area contributed by atoms with Crippen molar-refractivity contribution in [2.24, 2.45) is 0 Å². The molecule has 0 bridgehead atoms. The van der Waals surface area contributed by atoms with E-state index in [0.717, 1.165) is 25.9 Å². The molecule has 0 heterocycles. The van der Waals surface area contributed by atoms with Gasteiger partial charge in [0.15, 0.2) is 0 Å². The van der Waals surface area contributed by atoms with E-state index >= 15 is 0 Å². The van der Waals surface area contributed by atoms with Crippen LogP contribution in [-0.4, -0.2) is 25.0 Å². The first kappa shape index (κ1) is 23.7. The fraction of sp³-hybridized carbons (Fsp3) is 0.950. The van der Waals surface area contributed by atoms with Gasteiger partial charge in [0.2, 0.25) is 5.91 Å². The highest BCUT2D eigenvalue weighted by atomic mass is 35.5. The number of alkyl halides is 1. The molecule has 0 unspecified atom stereocenters. The Kier molecular flexibility index (Phi) is 20.5. The third-order valence-electron chi connectivity index (χ3n) is 4.45. The number of halogens is 1. The van der Waals surface area contributed by atoms with E-state index in [1.165, 1.54) is 77.0 Å². The summed E-state index contributed by atoms with van der Waals surface area (Å²) < 4.78 is 0. The molecule has 0 atom stereocenters. The largest absolute Gasteiger partial charge is 0.356 e. The molecule has 0 aromatic carbocycles. The average molecular weight is 361 g/mol. The summed E-state index contributed by atoms with van der Waals surface area (Å²) in [4.78, 5) is 11.6. The zero-order valence-corrected chi connectivity index (χ0v) is 16.8. The van der Waals surface area contributed by atoms with E-state index in [9.17, 15) is 4.79 Å². The predicted molar refractivity (Wildman–Crippen MR) is 107 cm³/mol. The highest BCUT2D eigenvalue weighted by molar-refractivity contribution is 6.17. The van der Waals surface area contributed by atoms with Crippen LogP contribution in [0.2, 0.25) is 0 Å². The molecule has 0 saturated carbocycles. The van der Waals surface area contributed by atoms with Crippen LogP contribution in [0.15, 0.2) is 0 Å². The van der Waals surface area contributed by atoms with Crippen molar-refractivity contribution in [3.8, 4) is 0 Å². The molecule has 0 saturated heterocycles. The third-order valence-corrected chi connectivity index (χ3v) is 4.64. The molecule has 0 aromatic heterocycles. The minimum absolute atomic E-state index is 0.198. The SMILES string of the molecule is CCCCCCCCCCCCCCCC(=O)NCCCNCCl. The van der Waals surface area contributed by atoms with Gasteiger partial charge in [-0.3, -0.25) is 4.79 Å².